The van der Waals surface area contributed by atoms with Crippen LogP contribution in [-0.4, -0.2) is 13.6 Å². The molecule has 0 atom stereocenters. The standard InChI is InChI=1S/C13H19F2N/c1-10(2)7-11-5-4-6-12(8-11)13(14,15)9-16-3/h4-6,8,10,16H,7,9H2,1-3H3. The maximum Gasteiger partial charge on any atom is 0.285 e. The van der Waals surface area contributed by atoms with Crippen molar-refractivity contribution in [1.82, 2.24) is 5.32 Å². The molecule has 0 unspecified atom stereocenters. The third-order valence-corrected chi connectivity index (χ3v) is 2.39. The van der Waals surface area contributed by atoms with Crippen molar-refractivity contribution in [1.29, 1.82) is 0 Å². The van der Waals surface area contributed by atoms with E-state index in [1.165, 1.54) is 13.1 Å². The van der Waals surface area contributed by atoms with Gasteiger partial charge in [-0.05, 0) is 31.0 Å². The molecule has 0 saturated heterocycles. The first-order valence-electron chi connectivity index (χ1n) is 5.57. The molecule has 1 rings (SSSR count). The summed E-state index contributed by atoms with van der Waals surface area (Å²) >= 11 is 0. The minimum Gasteiger partial charge on any atom is -0.314 e. The molecule has 1 N–H and O–H groups in total. The monoisotopic (exact) mass is 227 g/mol. The molecule has 0 radical (unpaired) electrons. The van der Waals surface area contributed by atoms with Gasteiger partial charge in [-0.1, -0.05) is 32.0 Å². The smallest absolute Gasteiger partial charge is 0.285 e. The first-order valence-corrected chi connectivity index (χ1v) is 5.57. The molecule has 1 nitrogen and oxygen atoms in total. The van der Waals surface area contributed by atoms with Crippen molar-refractivity contribution in [3.8, 4) is 0 Å². The van der Waals surface area contributed by atoms with Gasteiger partial charge in [0.05, 0.1) is 6.54 Å². The van der Waals surface area contributed by atoms with Crippen LogP contribution in [-0.2, 0) is 12.3 Å². The molecule has 0 aliphatic heterocycles. The molecule has 0 fully saturated rings. The summed E-state index contributed by atoms with van der Waals surface area (Å²) in [6, 6.07) is 6.70. The van der Waals surface area contributed by atoms with E-state index in [1.807, 2.05) is 6.07 Å². The Morgan fingerprint density at radius 3 is 2.56 bits per heavy atom. The summed E-state index contributed by atoms with van der Waals surface area (Å²) < 4.78 is 27.2. The molecule has 0 amide bonds. The predicted octanol–water partition coefficient (Wildman–Crippen LogP) is 3.20. The van der Waals surface area contributed by atoms with Gasteiger partial charge in [-0.15, -0.1) is 0 Å². The van der Waals surface area contributed by atoms with Crippen molar-refractivity contribution in [2.45, 2.75) is 26.2 Å². The molecule has 0 spiro atoms. The maximum atomic E-state index is 13.6. The average molecular weight is 227 g/mol. The maximum absolute atomic E-state index is 13.6. The summed E-state index contributed by atoms with van der Waals surface area (Å²) in [4.78, 5) is 0. The molecular formula is C13H19F2N. The van der Waals surface area contributed by atoms with Gasteiger partial charge < -0.3 is 5.32 Å². The highest BCUT2D eigenvalue weighted by Crippen LogP contribution is 2.28. The summed E-state index contributed by atoms with van der Waals surface area (Å²) in [5.41, 5.74) is 1.07. The second kappa shape index (κ2) is 5.39. The Hall–Kier alpha value is -0.960. The van der Waals surface area contributed by atoms with E-state index in [2.05, 4.69) is 19.2 Å². The molecule has 0 saturated carbocycles. The number of rotatable bonds is 5. The van der Waals surface area contributed by atoms with E-state index in [-0.39, 0.29) is 12.1 Å². The fourth-order valence-corrected chi connectivity index (χ4v) is 1.72. The van der Waals surface area contributed by atoms with Crippen LogP contribution in [0.4, 0.5) is 8.78 Å². The van der Waals surface area contributed by atoms with E-state index in [4.69, 9.17) is 0 Å². The van der Waals surface area contributed by atoms with Crippen LogP contribution in [0.15, 0.2) is 24.3 Å². The average Bonchev–Trinajstić information content (AvgIpc) is 2.17. The zero-order valence-electron chi connectivity index (χ0n) is 10.1. The van der Waals surface area contributed by atoms with Crippen LogP contribution < -0.4 is 5.32 Å². The molecule has 0 bridgehead atoms. The minimum absolute atomic E-state index is 0.0972. The van der Waals surface area contributed by atoms with Crippen molar-refractivity contribution in [3.63, 3.8) is 0 Å². The molecule has 0 aliphatic carbocycles. The summed E-state index contributed by atoms with van der Waals surface area (Å²) in [6.07, 6.45) is 0.837. The Labute approximate surface area is 95.9 Å². The zero-order valence-corrected chi connectivity index (χ0v) is 10.1. The van der Waals surface area contributed by atoms with E-state index in [1.54, 1.807) is 12.1 Å². The van der Waals surface area contributed by atoms with Gasteiger partial charge in [0.25, 0.3) is 5.92 Å². The third kappa shape index (κ3) is 3.56. The lowest BCUT2D eigenvalue weighted by Gasteiger charge is -2.17. The highest BCUT2D eigenvalue weighted by Gasteiger charge is 2.30. The van der Waals surface area contributed by atoms with Gasteiger partial charge in [-0.3, -0.25) is 0 Å². The van der Waals surface area contributed by atoms with Crippen molar-refractivity contribution >= 4 is 0 Å². The van der Waals surface area contributed by atoms with Gasteiger partial charge in [0.15, 0.2) is 0 Å². The minimum atomic E-state index is -2.79. The number of hydrogen-bond acceptors (Lipinski definition) is 1. The van der Waals surface area contributed by atoms with Crippen molar-refractivity contribution in [2.24, 2.45) is 5.92 Å². The SMILES string of the molecule is CNCC(F)(F)c1cccc(CC(C)C)c1. The molecule has 90 valence electrons. The van der Waals surface area contributed by atoms with Crippen LogP contribution in [0, 0.1) is 5.92 Å². The zero-order chi connectivity index (χ0) is 12.2. The van der Waals surface area contributed by atoms with Crippen molar-refractivity contribution in [3.05, 3.63) is 35.4 Å². The first kappa shape index (κ1) is 13.1. The third-order valence-electron chi connectivity index (χ3n) is 2.39. The quantitative estimate of drug-likeness (QED) is 0.814. The highest BCUT2D eigenvalue weighted by molar-refractivity contribution is 5.27. The van der Waals surface area contributed by atoms with Crippen molar-refractivity contribution in [2.75, 3.05) is 13.6 Å². The fraction of sp³-hybridized carbons (Fsp3) is 0.538. The lowest BCUT2D eigenvalue weighted by molar-refractivity contribution is -0.00133. The molecule has 0 aliphatic rings. The van der Waals surface area contributed by atoms with Gasteiger partial charge in [0, 0.05) is 5.56 Å². The van der Waals surface area contributed by atoms with Gasteiger partial charge >= 0.3 is 0 Å². The Kier molecular flexibility index (Phi) is 4.42. The van der Waals surface area contributed by atoms with Gasteiger partial charge in [-0.25, -0.2) is 0 Å². The lowest BCUT2D eigenvalue weighted by atomic mass is 9.99. The molecule has 0 aromatic heterocycles. The van der Waals surface area contributed by atoms with E-state index >= 15 is 0 Å². The number of likely N-dealkylation sites (N-methyl/N-ethyl adjacent to an activating group) is 1. The second-order valence-corrected chi connectivity index (χ2v) is 4.53. The van der Waals surface area contributed by atoms with Crippen molar-refractivity contribution < 1.29 is 8.78 Å². The van der Waals surface area contributed by atoms with Crippen LogP contribution in [0.5, 0.6) is 0 Å². The highest BCUT2D eigenvalue weighted by atomic mass is 19.3. The Balaban J connectivity index is 2.89. The molecule has 16 heavy (non-hydrogen) atoms. The molecular weight excluding hydrogens is 208 g/mol. The summed E-state index contributed by atoms with van der Waals surface area (Å²) in [5, 5.41) is 2.52. The van der Waals surface area contributed by atoms with Crippen LogP contribution in [0.25, 0.3) is 0 Å². The Morgan fingerprint density at radius 2 is 2.00 bits per heavy atom. The van der Waals surface area contributed by atoms with E-state index in [0.29, 0.717) is 5.92 Å². The predicted molar refractivity (Wildman–Crippen MR) is 62.8 cm³/mol. The number of hydrogen-bond donors (Lipinski definition) is 1. The number of alkyl halides is 2. The summed E-state index contributed by atoms with van der Waals surface area (Å²) in [6.45, 7) is 3.84. The number of halogens is 2. The Morgan fingerprint density at radius 1 is 1.31 bits per heavy atom. The van der Waals surface area contributed by atoms with E-state index in [0.717, 1.165) is 12.0 Å². The topological polar surface area (TPSA) is 12.0 Å². The second-order valence-electron chi connectivity index (χ2n) is 4.53. The molecule has 1 aromatic carbocycles. The Bertz CT molecular complexity index is 334. The molecule has 3 heteroatoms. The van der Waals surface area contributed by atoms with Crippen LogP contribution in [0.1, 0.15) is 25.0 Å². The molecule has 1 aromatic rings. The number of nitrogens with one attached hydrogen (secondary N) is 1. The largest absolute Gasteiger partial charge is 0.314 e. The lowest BCUT2D eigenvalue weighted by Crippen LogP contribution is -2.28. The van der Waals surface area contributed by atoms with Crippen LogP contribution >= 0.6 is 0 Å². The van der Waals surface area contributed by atoms with Crippen LogP contribution in [0.2, 0.25) is 0 Å². The first-order chi connectivity index (χ1) is 7.45. The van der Waals surface area contributed by atoms with E-state index < -0.39 is 5.92 Å². The van der Waals surface area contributed by atoms with Gasteiger partial charge in [0.2, 0.25) is 0 Å². The fourth-order valence-electron chi connectivity index (χ4n) is 1.72. The van der Waals surface area contributed by atoms with E-state index in [9.17, 15) is 8.78 Å². The van der Waals surface area contributed by atoms with Crippen LogP contribution in [0.3, 0.4) is 0 Å². The molecule has 0 heterocycles. The summed E-state index contributed by atoms with van der Waals surface area (Å²) in [7, 11) is 1.53. The normalized spacial score (nSPS) is 12.1. The van der Waals surface area contributed by atoms with Gasteiger partial charge in [0.1, 0.15) is 0 Å². The summed E-state index contributed by atoms with van der Waals surface area (Å²) in [5.74, 6) is -2.31. The number of benzene rings is 1. The van der Waals surface area contributed by atoms with Gasteiger partial charge in [-0.2, -0.15) is 8.78 Å².